The van der Waals surface area contributed by atoms with E-state index in [1.54, 1.807) is 0 Å². The normalized spacial score (nSPS) is 15.6. The zero-order chi connectivity index (χ0) is 11.9. The van der Waals surface area contributed by atoms with Gasteiger partial charge in [0, 0.05) is 7.11 Å². The van der Waals surface area contributed by atoms with E-state index in [4.69, 9.17) is 4.52 Å². The molecule has 4 heteroatoms. The van der Waals surface area contributed by atoms with Crippen molar-refractivity contribution in [1.82, 2.24) is 0 Å². The lowest BCUT2D eigenvalue weighted by molar-refractivity contribution is 0.412. The Labute approximate surface area is 99.9 Å². The molecule has 0 spiro atoms. The van der Waals surface area contributed by atoms with Crippen molar-refractivity contribution >= 4 is 29.4 Å². The van der Waals surface area contributed by atoms with Crippen LogP contribution in [-0.2, 0) is 9.09 Å². The van der Waals surface area contributed by atoms with Gasteiger partial charge in [0.05, 0.1) is 22.0 Å². The molecule has 0 unspecified atom stereocenters. The summed E-state index contributed by atoms with van der Waals surface area (Å²) in [4.78, 5) is 0. The van der Waals surface area contributed by atoms with Gasteiger partial charge in [-0.1, -0.05) is 24.3 Å². The summed E-state index contributed by atoms with van der Waals surface area (Å²) in [5, 5.41) is 4.75. The Morgan fingerprint density at radius 1 is 0.941 bits per heavy atom. The van der Waals surface area contributed by atoms with Gasteiger partial charge >= 0.3 is 0 Å². The van der Waals surface area contributed by atoms with Gasteiger partial charge in [0.15, 0.2) is 0 Å². The third-order valence-electron chi connectivity index (χ3n) is 2.97. The molecule has 3 nitrogen and oxygen atoms in total. The molecule has 0 aliphatic carbocycles. The van der Waals surface area contributed by atoms with E-state index in [1.165, 1.54) is 7.11 Å². The molecule has 0 fully saturated rings. The largest absolute Gasteiger partial charge is 0.354 e. The van der Waals surface area contributed by atoms with Gasteiger partial charge in [0.1, 0.15) is 0 Å². The smallest absolute Gasteiger partial charge is 0.265 e. The highest BCUT2D eigenvalue weighted by molar-refractivity contribution is 7.75. The van der Waals surface area contributed by atoms with E-state index in [9.17, 15) is 4.57 Å². The van der Waals surface area contributed by atoms with E-state index in [0.29, 0.717) is 0 Å². The molecule has 1 aliphatic rings. The maximum absolute atomic E-state index is 13.0. The van der Waals surface area contributed by atoms with Crippen LogP contribution in [0.1, 0.15) is 0 Å². The van der Waals surface area contributed by atoms with Crippen molar-refractivity contribution in [3.8, 4) is 0 Å². The van der Waals surface area contributed by atoms with Crippen molar-refractivity contribution in [2.45, 2.75) is 0 Å². The standard InChI is InChI=1S/C13H12NO2P/c1-16-17(15)12-8-4-2-6-10(12)14-11-7-3-5-9-13(11)17/h2-9,14H,1H3. The van der Waals surface area contributed by atoms with Crippen LogP contribution in [0.25, 0.3) is 0 Å². The second kappa shape index (κ2) is 3.73. The molecule has 17 heavy (non-hydrogen) atoms. The molecule has 0 radical (unpaired) electrons. The van der Waals surface area contributed by atoms with Gasteiger partial charge < -0.3 is 9.84 Å². The van der Waals surface area contributed by atoms with Crippen LogP contribution in [0.5, 0.6) is 0 Å². The van der Waals surface area contributed by atoms with Crippen LogP contribution >= 0.6 is 7.37 Å². The van der Waals surface area contributed by atoms with Crippen LogP contribution in [0.15, 0.2) is 48.5 Å². The average Bonchev–Trinajstić information content (AvgIpc) is 2.39. The molecule has 0 saturated carbocycles. The van der Waals surface area contributed by atoms with Gasteiger partial charge in [-0.15, -0.1) is 0 Å². The molecule has 0 saturated heterocycles. The van der Waals surface area contributed by atoms with Gasteiger partial charge in [-0.2, -0.15) is 0 Å². The zero-order valence-electron chi connectivity index (χ0n) is 9.38. The van der Waals surface area contributed by atoms with Crippen LogP contribution in [0.3, 0.4) is 0 Å². The molecule has 3 rings (SSSR count). The second-order valence-corrected chi connectivity index (χ2v) is 6.33. The fourth-order valence-corrected chi connectivity index (χ4v) is 4.26. The fourth-order valence-electron chi connectivity index (χ4n) is 2.14. The van der Waals surface area contributed by atoms with Crippen molar-refractivity contribution in [1.29, 1.82) is 0 Å². The molecule has 0 amide bonds. The van der Waals surface area contributed by atoms with Crippen molar-refractivity contribution < 1.29 is 9.09 Å². The van der Waals surface area contributed by atoms with Gasteiger partial charge in [-0.25, -0.2) is 0 Å². The quantitative estimate of drug-likeness (QED) is 0.785. The minimum Gasteiger partial charge on any atom is -0.354 e. The Hall–Kier alpha value is -1.57. The average molecular weight is 245 g/mol. The first kappa shape index (κ1) is 10.6. The molecule has 0 bridgehead atoms. The summed E-state index contributed by atoms with van der Waals surface area (Å²) in [5.41, 5.74) is 1.72. The predicted octanol–water partition coefficient (Wildman–Crippen LogP) is 2.62. The van der Waals surface area contributed by atoms with Crippen LogP contribution in [0, 0.1) is 0 Å². The first-order chi connectivity index (χ1) is 8.25. The van der Waals surface area contributed by atoms with Crippen LogP contribution in [-0.4, -0.2) is 7.11 Å². The number of hydrogen-bond acceptors (Lipinski definition) is 3. The summed E-state index contributed by atoms with van der Waals surface area (Å²) in [6.45, 7) is 0. The SMILES string of the molecule is COP1(=O)c2ccccc2Nc2ccccc21. The molecule has 2 aromatic carbocycles. The van der Waals surface area contributed by atoms with Crippen molar-refractivity contribution in [2.24, 2.45) is 0 Å². The Morgan fingerprint density at radius 3 is 1.88 bits per heavy atom. The Morgan fingerprint density at radius 2 is 1.41 bits per heavy atom. The Bertz CT molecular complexity index is 575. The van der Waals surface area contributed by atoms with Gasteiger partial charge in [0.2, 0.25) is 0 Å². The highest BCUT2D eigenvalue weighted by Gasteiger charge is 2.35. The summed E-state index contributed by atoms with van der Waals surface area (Å²) in [5.74, 6) is 0. The van der Waals surface area contributed by atoms with Crippen molar-refractivity contribution in [3.63, 3.8) is 0 Å². The highest BCUT2D eigenvalue weighted by Crippen LogP contribution is 2.50. The number of nitrogens with one attached hydrogen (secondary N) is 1. The summed E-state index contributed by atoms with van der Waals surface area (Å²) in [6, 6.07) is 15.1. The van der Waals surface area contributed by atoms with Gasteiger partial charge in [0.25, 0.3) is 7.37 Å². The number of rotatable bonds is 1. The first-order valence-corrected chi connectivity index (χ1v) is 7.00. The lowest BCUT2D eigenvalue weighted by atomic mass is 10.2. The van der Waals surface area contributed by atoms with E-state index in [-0.39, 0.29) is 0 Å². The number of hydrogen-bond donors (Lipinski definition) is 1. The van der Waals surface area contributed by atoms with Gasteiger partial charge in [-0.3, -0.25) is 4.57 Å². The second-order valence-electron chi connectivity index (χ2n) is 3.89. The Balaban J connectivity index is 2.33. The lowest BCUT2D eigenvalue weighted by Crippen LogP contribution is -2.27. The zero-order valence-corrected chi connectivity index (χ0v) is 10.3. The maximum Gasteiger partial charge on any atom is 0.265 e. The predicted molar refractivity (Wildman–Crippen MR) is 70.1 cm³/mol. The van der Waals surface area contributed by atoms with E-state index in [1.807, 2.05) is 48.5 Å². The van der Waals surface area contributed by atoms with Crippen LogP contribution < -0.4 is 15.9 Å². The van der Waals surface area contributed by atoms with Crippen molar-refractivity contribution in [3.05, 3.63) is 48.5 Å². The molecule has 0 atom stereocenters. The van der Waals surface area contributed by atoms with E-state index >= 15 is 0 Å². The maximum atomic E-state index is 13.0. The number of benzene rings is 2. The third-order valence-corrected chi connectivity index (χ3v) is 5.53. The molecule has 2 aromatic rings. The van der Waals surface area contributed by atoms with Crippen molar-refractivity contribution in [2.75, 3.05) is 12.4 Å². The Kier molecular flexibility index (Phi) is 2.32. The summed E-state index contributed by atoms with van der Waals surface area (Å²) in [7, 11) is -1.44. The van der Waals surface area contributed by atoms with Crippen LogP contribution in [0.4, 0.5) is 11.4 Å². The first-order valence-electron chi connectivity index (χ1n) is 5.38. The third kappa shape index (κ3) is 1.43. The van der Waals surface area contributed by atoms with Crippen LogP contribution in [0.2, 0.25) is 0 Å². The van der Waals surface area contributed by atoms with Gasteiger partial charge in [-0.05, 0) is 24.3 Å². The molecule has 1 aliphatic heterocycles. The molecule has 1 heterocycles. The molecule has 0 aromatic heterocycles. The summed E-state index contributed by atoms with van der Waals surface area (Å²) >= 11 is 0. The van der Waals surface area contributed by atoms with E-state index in [2.05, 4.69) is 5.32 Å². The summed E-state index contributed by atoms with van der Waals surface area (Å²) < 4.78 is 18.3. The lowest BCUT2D eigenvalue weighted by Gasteiger charge is -2.27. The molecule has 1 N–H and O–H groups in total. The number of anilines is 2. The molecular weight excluding hydrogens is 233 g/mol. The van der Waals surface area contributed by atoms with E-state index in [0.717, 1.165) is 22.0 Å². The minimum absolute atomic E-state index is 0.737. The van der Waals surface area contributed by atoms with E-state index < -0.39 is 7.37 Å². The minimum atomic E-state index is -2.94. The number of para-hydroxylation sites is 2. The summed E-state index contributed by atoms with van der Waals surface area (Å²) in [6.07, 6.45) is 0. The number of fused-ring (bicyclic) bond motifs is 2. The fraction of sp³-hybridized carbons (Fsp3) is 0.0769. The highest BCUT2D eigenvalue weighted by atomic mass is 31.2. The topological polar surface area (TPSA) is 38.3 Å². The molecule has 86 valence electrons. The monoisotopic (exact) mass is 245 g/mol. The molecular formula is C13H12NO2P.